The van der Waals surface area contributed by atoms with Gasteiger partial charge >= 0.3 is 0 Å². The zero-order chi connectivity index (χ0) is 16.7. The summed E-state index contributed by atoms with van der Waals surface area (Å²) in [6, 6.07) is 7.68. The molecule has 0 amide bonds. The minimum atomic E-state index is -0.496. The number of nitrogens with zero attached hydrogens (tertiary/aromatic N) is 1. The monoisotopic (exact) mass is 319 g/mol. The summed E-state index contributed by atoms with van der Waals surface area (Å²) in [6.07, 6.45) is 5.94. The third-order valence-corrected chi connectivity index (χ3v) is 4.65. The molecule has 4 nitrogen and oxygen atoms in total. The molecule has 1 saturated carbocycles. The van der Waals surface area contributed by atoms with Crippen molar-refractivity contribution in [2.45, 2.75) is 58.1 Å². The third-order valence-electron chi connectivity index (χ3n) is 4.65. The molecule has 1 unspecified atom stereocenters. The first-order valence-electron chi connectivity index (χ1n) is 8.76. The van der Waals surface area contributed by atoms with Crippen molar-refractivity contribution in [1.29, 1.82) is 0 Å². The van der Waals surface area contributed by atoms with E-state index in [1.165, 1.54) is 32.1 Å². The summed E-state index contributed by atoms with van der Waals surface area (Å²) >= 11 is 0. The smallest absolute Gasteiger partial charge is 0.159 e. The van der Waals surface area contributed by atoms with E-state index in [-0.39, 0.29) is 12.4 Å². The zero-order valence-electron chi connectivity index (χ0n) is 14.3. The van der Waals surface area contributed by atoms with Crippen molar-refractivity contribution in [3.05, 3.63) is 29.8 Å². The van der Waals surface area contributed by atoms with Gasteiger partial charge in [-0.25, -0.2) is 0 Å². The van der Waals surface area contributed by atoms with Crippen molar-refractivity contribution in [1.82, 2.24) is 4.90 Å². The predicted octanol–water partition coefficient (Wildman–Crippen LogP) is 3.28. The van der Waals surface area contributed by atoms with E-state index in [4.69, 9.17) is 4.74 Å². The lowest BCUT2D eigenvalue weighted by Gasteiger charge is -2.34. The second-order valence-corrected chi connectivity index (χ2v) is 6.42. The predicted molar refractivity (Wildman–Crippen MR) is 92.1 cm³/mol. The first kappa shape index (κ1) is 18.0. The first-order valence-corrected chi connectivity index (χ1v) is 8.76. The van der Waals surface area contributed by atoms with E-state index in [2.05, 4.69) is 11.8 Å². The fourth-order valence-corrected chi connectivity index (χ4v) is 3.28. The Bertz CT molecular complexity index is 480. The molecule has 4 heteroatoms. The van der Waals surface area contributed by atoms with Crippen LogP contribution in [0.3, 0.4) is 0 Å². The van der Waals surface area contributed by atoms with Crippen LogP contribution < -0.4 is 4.74 Å². The van der Waals surface area contributed by atoms with E-state index >= 15 is 0 Å². The number of rotatable bonds is 8. The molecule has 0 aliphatic heterocycles. The minimum Gasteiger partial charge on any atom is -0.491 e. The molecule has 1 aromatic rings. The molecule has 1 fully saturated rings. The van der Waals surface area contributed by atoms with Gasteiger partial charge in [0, 0.05) is 18.2 Å². The number of hydrogen-bond donors (Lipinski definition) is 1. The number of benzene rings is 1. The summed E-state index contributed by atoms with van der Waals surface area (Å²) < 4.78 is 5.65. The molecule has 1 aliphatic rings. The number of Topliss-reactive ketones (excluding diaryl/α,β-unsaturated/α-hetero) is 1. The Morgan fingerprint density at radius 1 is 1.26 bits per heavy atom. The number of aliphatic hydroxyl groups is 1. The molecule has 128 valence electrons. The molecule has 23 heavy (non-hydrogen) atoms. The highest BCUT2D eigenvalue weighted by Gasteiger charge is 2.22. The summed E-state index contributed by atoms with van der Waals surface area (Å²) in [6.45, 7) is 5.61. The fourth-order valence-electron chi connectivity index (χ4n) is 3.28. The molecular weight excluding hydrogens is 290 g/mol. The average molecular weight is 319 g/mol. The van der Waals surface area contributed by atoms with Gasteiger partial charge in [-0.15, -0.1) is 0 Å². The number of carbonyl (C=O) groups excluding carboxylic acids is 1. The summed E-state index contributed by atoms with van der Waals surface area (Å²) in [7, 11) is 0. The Hall–Kier alpha value is -1.39. The van der Waals surface area contributed by atoms with Gasteiger partial charge in [0.05, 0.1) is 0 Å². The maximum atomic E-state index is 11.2. The number of aliphatic hydroxyl groups excluding tert-OH is 1. The zero-order valence-corrected chi connectivity index (χ0v) is 14.3. The highest BCUT2D eigenvalue weighted by molar-refractivity contribution is 5.94. The van der Waals surface area contributed by atoms with Crippen LogP contribution in [-0.4, -0.2) is 47.6 Å². The molecule has 1 atom stereocenters. The second kappa shape index (κ2) is 9.04. The first-order chi connectivity index (χ1) is 11.1. The van der Waals surface area contributed by atoms with Gasteiger partial charge in [0.25, 0.3) is 0 Å². The van der Waals surface area contributed by atoms with Crippen molar-refractivity contribution < 1.29 is 14.6 Å². The Morgan fingerprint density at radius 2 is 1.91 bits per heavy atom. The number of ether oxygens (including phenoxy) is 1. The van der Waals surface area contributed by atoms with Gasteiger partial charge in [-0.3, -0.25) is 9.69 Å². The van der Waals surface area contributed by atoms with Crippen molar-refractivity contribution >= 4 is 5.78 Å². The van der Waals surface area contributed by atoms with Crippen LogP contribution >= 0.6 is 0 Å². The largest absolute Gasteiger partial charge is 0.491 e. The van der Waals surface area contributed by atoms with Gasteiger partial charge in [0.2, 0.25) is 0 Å². The molecule has 0 radical (unpaired) electrons. The Morgan fingerprint density at radius 3 is 2.48 bits per heavy atom. The van der Waals surface area contributed by atoms with E-state index in [1.54, 1.807) is 31.2 Å². The van der Waals surface area contributed by atoms with E-state index in [0.29, 0.717) is 23.9 Å². The molecule has 0 aromatic heterocycles. The Kier molecular flexibility index (Phi) is 7.06. The van der Waals surface area contributed by atoms with Crippen molar-refractivity contribution in [3.8, 4) is 5.75 Å². The summed E-state index contributed by atoms with van der Waals surface area (Å²) in [5.74, 6) is 0.734. The quantitative estimate of drug-likeness (QED) is 0.747. The Labute approximate surface area is 139 Å². The van der Waals surface area contributed by atoms with Crippen LogP contribution in [0.15, 0.2) is 24.3 Å². The average Bonchev–Trinajstić information content (AvgIpc) is 2.59. The summed E-state index contributed by atoms with van der Waals surface area (Å²) in [4.78, 5) is 13.6. The maximum absolute atomic E-state index is 11.2. The van der Waals surface area contributed by atoms with E-state index in [1.807, 2.05) is 0 Å². The standard InChI is InChI=1S/C19H29NO3/c1-3-20(17-7-5-4-6-8-17)13-18(22)14-23-19-11-9-16(10-12-19)15(2)21/h9-12,17-18,22H,3-8,13-14H2,1-2H3. The lowest BCUT2D eigenvalue weighted by molar-refractivity contribution is 0.0463. The molecular formula is C19H29NO3. The van der Waals surface area contributed by atoms with Crippen LogP contribution in [0.5, 0.6) is 5.75 Å². The van der Waals surface area contributed by atoms with Crippen molar-refractivity contribution in [3.63, 3.8) is 0 Å². The SMILES string of the molecule is CCN(CC(O)COc1ccc(C(C)=O)cc1)C1CCCCC1. The number of carbonyl (C=O) groups is 1. The Balaban J connectivity index is 1.78. The highest BCUT2D eigenvalue weighted by Crippen LogP contribution is 2.22. The maximum Gasteiger partial charge on any atom is 0.159 e. The van der Waals surface area contributed by atoms with Crippen LogP contribution in [0.25, 0.3) is 0 Å². The summed E-state index contributed by atoms with van der Waals surface area (Å²) in [5.41, 5.74) is 0.673. The van der Waals surface area contributed by atoms with Gasteiger partial charge in [0.15, 0.2) is 5.78 Å². The normalized spacial score (nSPS) is 17.2. The molecule has 0 heterocycles. The fraction of sp³-hybridized carbons (Fsp3) is 0.632. The number of likely N-dealkylation sites (N-methyl/N-ethyl adjacent to an activating group) is 1. The number of hydrogen-bond acceptors (Lipinski definition) is 4. The van der Waals surface area contributed by atoms with Crippen LogP contribution in [0.2, 0.25) is 0 Å². The van der Waals surface area contributed by atoms with Crippen molar-refractivity contribution in [2.75, 3.05) is 19.7 Å². The van der Waals surface area contributed by atoms with E-state index in [9.17, 15) is 9.90 Å². The molecule has 0 saturated heterocycles. The van der Waals surface area contributed by atoms with Gasteiger partial charge in [0.1, 0.15) is 18.5 Å². The van der Waals surface area contributed by atoms with Gasteiger partial charge in [-0.2, -0.15) is 0 Å². The minimum absolute atomic E-state index is 0.0441. The van der Waals surface area contributed by atoms with Gasteiger partial charge in [-0.1, -0.05) is 26.2 Å². The molecule has 0 bridgehead atoms. The molecule has 1 N–H and O–H groups in total. The van der Waals surface area contributed by atoms with E-state index in [0.717, 1.165) is 6.54 Å². The molecule has 0 spiro atoms. The van der Waals surface area contributed by atoms with Crippen LogP contribution in [-0.2, 0) is 0 Å². The lowest BCUT2D eigenvalue weighted by Crippen LogP contribution is -2.43. The van der Waals surface area contributed by atoms with Crippen LogP contribution in [0.4, 0.5) is 0 Å². The topological polar surface area (TPSA) is 49.8 Å². The van der Waals surface area contributed by atoms with Crippen LogP contribution in [0.1, 0.15) is 56.3 Å². The number of ketones is 1. The van der Waals surface area contributed by atoms with E-state index < -0.39 is 6.10 Å². The van der Waals surface area contributed by atoms with Gasteiger partial charge < -0.3 is 9.84 Å². The van der Waals surface area contributed by atoms with Gasteiger partial charge in [-0.05, 0) is 50.6 Å². The van der Waals surface area contributed by atoms with Crippen LogP contribution in [0, 0.1) is 0 Å². The highest BCUT2D eigenvalue weighted by atomic mass is 16.5. The summed E-state index contributed by atoms with van der Waals surface area (Å²) in [5, 5.41) is 10.3. The molecule has 2 rings (SSSR count). The lowest BCUT2D eigenvalue weighted by atomic mass is 9.94. The van der Waals surface area contributed by atoms with Crippen molar-refractivity contribution in [2.24, 2.45) is 0 Å². The second-order valence-electron chi connectivity index (χ2n) is 6.42. The third kappa shape index (κ3) is 5.63. The molecule has 1 aromatic carbocycles. The molecule has 1 aliphatic carbocycles.